The molecule has 3 rings (SSSR count). The lowest BCUT2D eigenvalue weighted by Crippen LogP contribution is -2.47. The highest BCUT2D eigenvalue weighted by molar-refractivity contribution is 9.10. The number of thioether (sulfide) groups is 1. The number of benzene rings is 1. The minimum Gasteiger partial charge on any atom is -0.480 e. The van der Waals surface area contributed by atoms with Crippen molar-refractivity contribution in [2.45, 2.75) is 19.9 Å². The molecule has 2 heterocycles. The Balaban J connectivity index is 1.86. The Labute approximate surface area is 174 Å². The highest BCUT2D eigenvalue weighted by Gasteiger charge is 2.42. The summed E-state index contributed by atoms with van der Waals surface area (Å²) >= 11 is 9.73. The van der Waals surface area contributed by atoms with Gasteiger partial charge in [-0.1, -0.05) is 65.9 Å². The molecule has 0 aliphatic carbocycles. The third-order valence-electron chi connectivity index (χ3n) is 4.02. The van der Waals surface area contributed by atoms with Crippen molar-refractivity contribution in [3.63, 3.8) is 0 Å². The Bertz CT molecular complexity index is 933. The van der Waals surface area contributed by atoms with E-state index < -0.39 is 17.9 Å². The fraction of sp³-hybridized carbons (Fsp3) is 0.211. The zero-order valence-corrected chi connectivity index (χ0v) is 17.7. The molecule has 1 N–H and O–H groups in total. The van der Waals surface area contributed by atoms with Crippen LogP contribution in [0.25, 0.3) is 17.4 Å². The van der Waals surface area contributed by atoms with E-state index >= 15 is 0 Å². The predicted octanol–water partition coefficient (Wildman–Crippen LogP) is 5.02. The summed E-state index contributed by atoms with van der Waals surface area (Å²) in [6.45, 7) is 3.50. The van der Waals surface area contributed by atoms with Crippen molar-refractivity contribution in [3.8, 4) is 11.3 Å². The zero-order valence-electron chi connectivity index (χ0n) is 14.5. The van der Waals surface area contributed by atoms with E-state index in [1.54, 1.807) is 26.0 Å². The van der Waals surface area contributed by atoms with Crippen molar-refractivity contribution in [2.24, 2.45) is 5.92 Å². The van der Waals surface area contributed by atoms with Gasteiger partial charge in [-0.25, -0.2) is 4.79 Å². The maximum atomic E-state index is 12.7. The molecule has 1 aliphatic rings. The number of amides is 1. The molecule has 1 unspecified atom stereocenters. The zero-order chi connectivity index (χ0) is 19.7. The number of thiocarbonyl (C=S) groups is 1. The maximum Gasteiger partial charge on any atom is 0.327 e. The van der Waals surface area contributed by atoms with Crippen LogP contribution in [0.5, 0.6) is 0 Å². The Hall–Kier alpha value is -1.90. The number of rotatable bonds is 5. The highest BCUT2D eigenvalue weighted by atomic mass is 79.9. The lowest BCUT2D eigenvalue weighted by Gasteiger charge is -2.26. The average molecular weight is 466 g/mol. The molecule has 0 bridgehead atoms. The van der Waals surface area contributed by atoms with Gasteiger partial charge in [-0.2, -0.15) is 0 Å². The van der Waals surface area contributed by atoms with Gasteiger partial charge in [0.1, 0.15) is 21.9 Å². The van der Waals surface area contributed by atoms with Crippen LogP contribution in [0.3, 0.4) is 0 Å². The molecule has 0 spiro atoms. The molecular weight excluding hydrogens is 450 g/mol. The summed E-state index contributed by atoms with van der Waals surface area (Å²) in [7, 11) is 0. The number of carbonyl (C=O) groups excluding carboxylic acids is 1. The first-order valence-corrected chi connectivity index (χ1v) is 10.2. The SMILES string of the molecule is CC(C)C(C(=O)O)N1C(=O)C(=Cc2ccc(-c3ccc(Br)cc3)o2)SC1=S. The van der Waals surface area contributed by atoms with Gasteiger partial charge in [0.25, 0.3) is 5.91 Å². The van der Waals surface area contributed by atoms with Crippen LogP contribution in [0.15, 0.2) is 50.2 Å². The van der Waals surface area contributed by atoms with Crippen LogP contribution in [0, 0.1) is 5.92 Å². The van der Waals surface area contributed by atoms with Gasteiger partial charge in [0.2, 0.25) is 0 Å². The Kier molecular flexibility index (Phi) is 5.88. The number of nitrogens with zero attached hydrogens (tertiary/aromatic N) is 1. The van der Waals surface area contributed by atoms with Crippen LogP contribution < -0.4 is 0 Å². The largest absolute Gasteiger partial charge is 0.480 e. The molecule has 1 saturated heterocycles. The van der Waals surface area contributed by atoms with Crippen LogP contribution in [0.2, 0.25) is 0 Å². The highest BCUT2D eigenvalue weighted by Crippen LogP contribution is 2.36. The van der Waals surface area contributed by atoms with Crippen molar-refractivity contribution in [3.05, 3.63) is 51.5 Å². The molecule has 140 valence electrons. The number of carboxylic acid groups (broad SMARTS) is 1. The third-order valence-corrected chi connectivity index (χ3v) is 5.87. The maximum absolute atomic E-state index is 12.7. The molecule has 0 radical (unpaired) electrons. The number of halogens is 1. The summed E-state index contributed by atoms with van der Waals surface area (Å²) in [4.78, 5) is 25.8. The van der Waals surface area contributed by atoms with Crippen LogP contribution in [0.1, 0.15) is 19.6 Å². The number of hydrogen-bond acceptors (Lipinski definition) is 5. The monoisotopic (exact) mass is 465 g/mol. The van der Waals surface area contributed by atoms with Crippen LogP contribution in [-0.2, 0) is 9.59 Å². The summed E-state index contributed by atoms with van der Waals surface area (Å²) in [5.74, 6) is -0.567. The molecule has 1 aliphatic heterocycles. The quantitative estimate of drug-likeness (QED) is 0.493. The summed E-state index contributed by atoms with van der Waals surface area (Å²) in [6, 6.07) is 10.3. The van der Waals surface area contributed by atoms with Gasteiger partial charge in [-0.3, -0.25) is 9.69 Å². The van der Waals surface area contributed by atoms with Crippen LogP contribution in [-0.4, -0.2) is 32.2 Å². The van der Waals surface area contributed by atoms with Crippen molar-refractivity contribution >= 4 is 62.2 Å². The lowest BCUT2D eigenvalue weighted by molar-refractivity contribution is -0.146. The molecular formula is C19H16BrNO4S2. The van der Waals surface area contributed by atoms with Gasteiger partial charge in [-0.15, -0.1) is 0 Å². The second-order valence-electron chi connectivity index (χ2n) is 6.29. The molecule has 1 atom stereocenters. The fourth-order valence-electron chi connectivity index (χ4n) is 2.74. The molecule has 27 heavy (non-hydrogen) atoms. The number of carboxylic acids is 1. The number of aliphatic carboxylic acids is 1. The summed E-state index contributed by atoms with van der Waals surface area (Å²) in [5, 5.41) is 9.46. The Morgan fingerprint density at radius 2 is 1.93 bits per heavy atom. The molecule has 1 aromatic carbocycles. The second-order valence-corrected chi connectivity index (χ2v) is 8.88. The molecule has 0 saturated carbocycles. The third kappa shape index (κ3) is 4.17. The van der Waals surface area contributed by atoms with Crippen LogP contribution >= 0.6 is 39.9 Å². The van der Waals surface area contributed by atoms with E-state index in [0.717, 1.165) is 21.8 Å². The topological polar surface area (TPSA) is 70.8 Å². The summed E-state index contributed by atoms with van der Waals surface area (Å²) in [6.07, 6.45) is 1.60. The van der Waals surface area contributed by atoms with Crippen molar-refractivity contribution in [1.82, 2.24) is 4.90 Å². The number of furan rings is 1. The van der Waals surface area contributed by atoms with Gasteiger partial charge < -0.3 is 9.52 Å². The fourth-order valence-corrected chi connectivity index (χ4v) is 4.32. The second kappa shape index (κ2) is 8.00. The van der Waals surface area contributed by atoms with Gasteiger partial charge in [0.05, 0.1) is 4.91 Å². The lowest BCUT2D eigenvalue weighted by atomic mass is 10.0. The molecule has 8 heteroatoms. The van der Waals surface area contributed by atoms with E-state index in [0.29, 0.717) is 16.4 Å². The van der Waals surface area contributed by atoms with E-state index in [1.807, 2.05) is 30.3 Å². The van der Waals surface area contributed by atoms with E-state index in [-0.39, 0.29) is 10.2 Å². The summed E-state index contributed by atoms with van der Waals surface area (Å²) in [5.41, 5.74) is 0.913. The minimum absolute atomic E-state index is 0.243. The van der Waals surface area contributed by atoms with Crippen molar-refractivity contribution < 1.29 is 19.1 Å². The Morgan fingerprint density at radius 1 is 1.26 bits per heavy atom. The van der Waals surface area contributed by atoms with E-state index in [9.17, 15) is 14.7 Å². The number of carbonyl (C=O) groups is 2. The van der Waals surface area contributed by atoms with E-state index in [1.165, 1.54) is 4.90 Å². The first-order chi connectivity index (χ1) is 12.8. The molecule has 1 aromatic heterocycles. The Morgan fingerprint density at radius 3 is 2.52 bits per heavy atom. The first-order valence-electron chi connectivity index (χ1n) is 8.13. The molecule has 5 nitrogen and oxygen atoms in total. The van der Waals surface area contributed by atoms with Gasteiger partial charge >= 0.3 is 5.97 Å². The smallest absolute Gasteiger partial charge is 0.327 e. The van der Waals surface area contributed by atoms with Crippen LogP contribution in [0.4, 0.5) is 0 Å². The summed E-state index contributed by atoms with van der Waals surface area (Å²) < 4.78 is 7.03. The molecule has 1 amide bonds. The van der Waals surface area contributed by atoms with Gasteiger partial charge in [-0.05, 0) is 30.2 Å². The van der Waals surface area contributed by atoms with Gasteiger partial charge in [0, 0.05) is 16.1 Å². The standard InChI is InChI=1S/C19H16BrNO4S2/c1-10(2)16(18(23)24)21-17(22)15(27-19(21)26)9-13-7-8-14(25-13)11-3-5-12(20)6-4-11/h3-10,16H,1-2H3,(H,23,24). The first kappa shape index (κ1) is 19.9. The molecule has 1 fully saturated rings. The number of hydrogen-bond donors (Lipinski definition) is 1. The van der Waals surface area contributed by atoms with E-state index in [4.69, 9.17) is 16.6 Å². The average Bonchev–Trinajstić information content (AvgIpc) is 3.16. The normalized spacial score (nSPS) is 17.2. The predicted molar refractivity (Wildman–Crippen MR) is 113 cm³/mol. The van der Waals surface area contributed by atoms with Crippen molar-refractivity contribution in [1.29, 1.82) is 0 Å². The van der Waals surface area contributed by atoms with E-state index in [2.05, 4.69) is 15.9 Å². The minimum atomic E-state index is -1.07. The van der Waals surface area contributed by atoms with Gasteiger partial charge in [0.15, 0.2) is 0 Å². The van der Waals surface area contributed by atoms with Crippen molar-refractivity contribution in [2.75, 3.05) is 0 Å². The molecule has 2 aromatic rings.